The van der Waals surface area contributed by atoms with Gasteiger partial charge in [-0.15, -0.1) is 11.3 Å². The van der Waals surface area contributed by atoms with Crippen molar-refractivity contribution in [3.05, 3.63) is 81.5 Å². The highest BCUT2D eigenvalue weighted by Crippen LogP contribution is 2.38. The molecule has 7 nitrogen and oxygen atoms in total. The summed E-state index contributed by atoms with van der Waals surface area (Å²) in [6, 6.07) is 18.0. The monoisotopic (exact) mass is 503 g/mol. The molecule has 8 heteroatoms. The number of carbonyl (C=O) groups is 2. The van der Waals surface area contributed by atoms with Gasteiger partial charge in [-0.05, 0) is 54.1 Å². The van der Waals surface area contributed by atoms with Gasteiger partial charge in [0.05, 0.1) is 12.6 Å². The number of rotatable bonds is 4. The Kier molecular flexibility index (Phi) is 6.15. The van der Waals surface area contributed by atoms with E-state index in [0.717, 1.165) is 13.0 Å². The molecule has 3 aliphatic rings. The van der Waals surface area contributed by atoms with Crippen molar-refractivity contribution in [1.29, 1.82) is 0 Å². The minimum Gasteiger partial charge on any atom is -0.454 e. The van der Waals surface area contributed by atoms with Crippen molar-refractivity contribution in [2.45, 2.75) is 25.4 Å². The van der Waals surface area contributed by atoms with Crippen LogP contribution >= 0.6 is 11.3 Å². The molecule has 2 atom stereocenters. The van der Waals surface area contributed by atoms with E-state index in [1.165, 1.54) is 16.0 Å². The Hall–Kier alpha value is -3.36. The Morgan fingerprint density at radius 2 is 1.83 bits per heavy atom. The Morgan fingerprint density at radius 3 is 2.67 bits per heavy atom. The molecule has 6 rings (SSSR count). The first-order chi connectivity index (χ1) is 17.6. The van der Waals surface area contributed by atoms with Crippen molar-refractivity contribution in [3.8, 4) is 11.5 Å². The van der Waals surface area contributed by atoms with E-state index in [4.69, 9.17) is 9.47 Å². The lowest BCUT2D eigenvalue weighted by Gasteiger charge is -2.42. The van der Waals surface area contributed by atoms with Crippen molar-refractivity contribution in [2.75, 3.05) is 39.5 Å². The van der Waals surface area contributed by atoms with Crippen LogP contribution in [0.3, 0.4) is 0 Å². The number of hydrogen-bond donors (Lipinski definition) is 0. The third kappa shape index (κ3) is 4.24. The molecule has 0 radical (unpaired) electrons. The van der Waals surface area contributed by atoms with Gasteiger partial charge in [-0.25, -0.2) is 0 Å². The van der Waals surface area contributed by atoms with Crippen molar-refractivity contribution in [2.24, 2.45) is 0 Å². The summed E-state index contributed by atoms with van der Waals surface area (Å²) in [6.07, 6.45) is 0.970. The van der Waals surface area contributed by atoms with Gasteiger partial charge in [0.15, 0.2) is 11.5 Å². The fourth-order valence-corrected chi connectivity index (χ4v) is 6.42. The Morgan fingerprint density at radius 1 is 1.00 bits per heavy atom. The van der Waals surface area contributed by atoms with Crippen LogP contribution in [0.5, 0.6) is 11.5 Å². The fraction of sp³-hybridized carbons (Fsp3) is 0.357. The lowest BCUT2D eigenvalue weighted by molar-refractivity contribution is -0.135. The maximum atomic E-state index is 13.5. The van der Waals surface area contributed by atoms with Crippen molar-refractivity contribution >= 4 is 23.2 Å². The van der Waals surface area contributed by atoms with E-state index in [9.17, 15) is 9.59 Å². The van der Waals surface area contributed by atoms with Crippen LogP contribution in [0.2, 0.25) is 0 Å². The van der Waals surface area contributed by atoms with Crippen LogP contribution in [0.15, 0.2) is 60.0 Å². The van der Waals surface area contributed by atoms with Crippen molar-refractivity contribution < 1.29 is 19.1 Å². The molecule has 3 aromatic rings. The number of nitrogens with zero attached hydrogens (tertiary/aromatic N) is 3. The molecule has 1 fully saturated rings. The molecule has 2 aromatic carbocycles. The number of thiophene rings is 1. The van der Waals surface area contributed by atoms with Crippen LogP contribution in [-0.2, 0) is 11.2 Å². The molecule has 3 aliphatic heterocycles. The molecule has 36 heavy (non-hydrogen) atoms. The molecule has 0 unspecified atom stereocenters. The first-order valence-corrected chi connectivity index (χ1v) is 13.3. The quantitative estimate of drug-likeness (QED) is 0.542. The van der Waals surface area contributed by atoms with Crippen LogP contribution < -0.4 is 9.47 Å². The van der Waals surface area contributed by atoms with E-state index < -0.39 is 0 Å². The summed E-state index contributed by atoms with van der Waals surface area (Å²) in [7, 11) is 0. The Bertz CT molecular complexity index is 1280. The largest absolute Gasteiger partial charge is 0.454 e. The van der Waals surface area contributed by atoms with Gasteiger partial charge >= 0.3 is 0 Å². The number of hydrogen-bond acceptors (Lipinski definition) is 6. The molecule has 0 spiro atoms. The molecule has 0 bridgehead atoms. The lowest BCUT2D eigenvalue weighted by atomic mass is 9.93. The molecule has 186 valence electrons. The first kappa shape index (κ1) is 23.1. The van der Waals surface area contributed by atoms with E-state index in [-0.39, 0.29) is 30.7 Å². The molecular formula is C28H29N3O4S. The summed E-state index contributed by atoms with van der Waals surface area (Å²) in [5, 5.41) is 2.16. The standard InChI is InChI=1S/C28H29N3O4S/c1-19-16-29(12-13-31(19)28(33)21-7-8-23-24(15-21)35-18-34-23)26(32)17-30-11-9-25-22(10-14-36-25)27(30)20-5-3-2-4-6-20/h2-8,10,14-15,19,27H,9,11-13,16-18H2,1H3/t19-,27+/m1/s1. The van der Waals surface area contributed by atoms with E-state index >= 15 is 0 Å². The molecule has 1 aromatic heterocycles. The van der Waals surface area contributed by atoms with Gasteiger partial charge in [0.2, 0.25) is 12.7 Å². The number of amides is 2. The first-order valence-electron chi connectivity index (χ1n) is 12.4. The number of piperazine rings is 1. The number of fused-ring (bicyclic) bond motifs is 2. The van der Waals surface area contributed by atoms with Crippen LogP contribution in [0.25, 0.3) is 0 Å². The molecule has 2 amide bonds. The summed E-state index contributed by atoms with van der Waals surface area (Å²) in [6.45, 7) is 5.00. The van der Waals surface area contributed by atoms with Gasteiger partial charge < -0.3 is 19.3 Å². The predicted molar refractivity (Wildman–Crippen MR) is 138 cm³/mol. The highest BCUT2D eigenvalue weighted by Gasteiger charge is 2.35. The summed E-state index contributed by atoms with van der Waals surface area (Å²) in [5.74, 6) is 1.34. The van der Waals surface area contributed by atoms with Crippen LogP contribution in [-0.4, -0.2) is 72.1 Å². The molecule has 0 saturated carbocycles. The molecule has 4 heterocycles. The van der Waals surface area contributed by atoms with Crippen LogP contribution in [0.1, 0.15) is 39.3 Å². The zero-order chi connectivity index (χ0) is 24.6. The summed E-state index contributed by atoms with van der Waals surface area (Å²) in [4.78, 5) is 34.2. The number of ether oxygens (including phenoxy) is 2. The minimum absolute atomic E-state index is 0.0435. The average molecular weight is 504 g/mol. The van der Waals surface area contributed by atoms with Crippen LogP contribution in [0.4, 0.5) is 0 Å². The lowest BCUT2D eigenvalue weighted by Crippen LogP contribution is -2.57. The Labute approximate surface area is 214 Å². The zero-order valence-corrected chi connectivity index (χ0v) is 21.1. The Balaban J connectivity index is 1.13. The summed E-state index contributed by atoms with van der Waals surface area (Å²) in [5.41, 5.74) is 3.12. The van der Waals surface area contributed by atoms with Gasteiger partial charge in [0.1, 0.15) is 0 Å². The topological polar surface area (TPSA) is 62.3 Å². The van der Waals surface area contributed by atoms with E-state index in [1.807, 2.05) is 22.8 Å². The SMILES string of the molecule is C[C@@H]1CN(C(=O)CN2CCc3sccc3[C@@H]2c2ccccc2)CCN1C(=O)c1ccc2c(c1)OCO2. The van der Waals surface area contributed by atoms with Gasteiger partial charge in [-0.2, -0.15) is 0 Å². The fourth-order valence-electron chi connectivity index (χ4n) is 5.52. The second-order valence-corrected chi connectivity index (χ2v) is 10.6. The predicted octanol–water partition coefficient (Wildman–Crippen LogP) is 3.80. The van der Waals surface area contributed by atoms with Crippen molar-refractivity contribution in [3.63, 3.8) is 0 Å². The molecular weight excluding hydrogens is 474 g/mol. The number of carbonyl (C=O) groups excluding carboxylic acids is 2. The second kappa shape index (κ2) is 9.59. The minimum atomic E-state index is -0.0737. The van der Waals surface area contributed by atoms with Gasteiger partial charge in [-0.1, -0.05) is 30.3 Å². The third-order valence-corrected chi connectivity index (χ3v) is 8.38. The van der Waals surface area contributed by atoms with Gasteiger partial charge in [0, 0.05) is 42.7 Å². The maximum Gasteiger partial charge on any atom is 0.254 e. The summed E-state index contributed by atoms with van der Waals surface area (Å²) < 4.78 is 10.8. The average Bonchev–Trinajstić information content (AvgIpc) is 3.57. The molecule has 0 aliphatic carbocycles. The zero-order valence-electron chi connectivity index (χ0n) is 20.3. The number of benzene rings is 2. The maximum absolute atomic E-state index is 13.5. The van der Waals surface area contributed by atoms with E-state index in [2.05, 4.69) is 40.6 Å². The second-order valence-electron chi connectivity index (χ2n) is 9.59. The van der Waals surface area contributed by atoms with Crippen LogP contribution in [0, 0.1) is 0 Å². The summed E-state index contributed by atoms with van der Waals surface area (Å²) >= 11 is 1.81. The van der Waals surface area contributed by atoms with Gasteiger partial charge in [0.25, 0.3) is 5.91 Å². The highest BCUT2D eigenvalue weighted by molar-refractivity contribution is 7.10. The molecule has 1 saturated heterocycles. The third-order valence-electron chi connectivity index (χ3n) is 7.38. The molecule has 0 N–H and O–H groups in total. The smallest absolute Gasteiger partial charge is 0.254 e. The van der Waals surface area contributed by atoms with E-state index in [1.54, 1.807) is 29.5 Å². The normalized spacial score (nSPS) is 21.4. The van der Waals surface area contributed by atoms with Crippen molar-refractivity contribution in [1.82, 2.24) is 14.7 Å². The highest BCUT2D eigenvalue weighted by atomic mass is 32.1. The van der Waals surface area contributed by atoms with E-state index in [0.29, 0.717) is 43.2 Å². The van der Waals surface area contributed by atoms with Gasteiger partial charge in [-0.3, -0.25) is 14.5 Å².